The fraction of sp³-hybridized carbons (Fsp3) is 0.300. The first-order valence-corrected chi connectivity index (χ1v) is 4.37. The van der Waals surface area contributed by atoms with Gasteiger partial charge in [-0.3, -0.25) is 4.79 Å². The molecule has 1 rings (SSSR count). The van der Waals surface area contributed by atoms with Gasteiger partial charge in [0.2, 0.25) is 0 Å². The highest BCUT2D eigenvalue weighted by Gasteiger charge is 2.15. The number of hydrogen-bond acceptors (Lipinski definition) is 3. The lowest BCUT2D eigenvalue weighted by atomic mass is 10.0. The number of carbonyl (C=O) groups excluding carboxylic acids is 1. The average molecular weight is 195 g/mol. The normalized spacial score (nSPS) is 12.4. The molecule has 14 heavy (non-hydrogen) atoms. The van der Waals surface area contributed by atoms with Crippen LogP contribution in [0.15, 0.2) is 18.2 Å². The molecule has 0 aliphatic heterocycles. The van der Waals surface area contributed by atoms with Crippen molar-refractivity contribution in [2.45, 2.75) is 19.4 Å². The van der Waals surface area contributed by atoms with E-state index in [0.29, 0.717) is 12.0 Å². The molecule has 4 N–H and O–H groups in total. The number of aromatic hydroxyl groups is 1. The van der Waals surface area contributed by atoms with Gasteiger partial charge in [0.15, 0.2) is 0 Å². The van der Waals surface area contributed by atoms with Gasteiger partial charge in [0.05, 0.1) is 11.7 Å². The molecule has 0 saturated carbocycles. The van der Waals surface area contributed by atoms with E-state index >= 15 is 0 Å². The number of rotatable bonds is 3. The van der Waals surface area contributed by atoms with Crippen molar-refractivity contribution in [3.63, 3.8) is 0 Å². The first kappa shape index (κ1) is 10.5. The van der Waals surface area contributed by atoms with Crippen molar-refractivity contribution in [1.29, 1.82) is 0 Å². The van der Waals surface area contributed by atoms with Gasteiger partial charge in [-0.15, -0.1) is 0 Å². The Hall–Kier alpha value is -1.55. The summed E-state index contributed by atoms with van der Waals surface area (Å²) in [5.74, 6) is -0.929. The van der Waals surface area contributed by atoms with E-state index in [1.807, 2.05) is 0 Å². The maximum Gasteiger partial charge on any atom is 0.252 e. The first-order valence-electron chi connectivity index (χ1n) is 4.37. The van der Waals surface area contributed by atoms with Crippen molar-refractivity contribution < 1.29 is 15.0 Å². The summed E-state index contributed by atoms with van der Waals surface area (Å²) < 4.78 is 0. The summed E-state index contributed by atoms with van der Waals surface area (Å²) >= 11 is 0. The zero-order valence-corrected chi connectivity index (χ0v) is 7.90. The molecular weight excluding hydrogens is 182 g/mol. The van der Waals surface area contributed by atoms with E-state index in [1.165, 1.54) is 6.07 Å². The van der Waals surface area contributed by atoms with Crippen LogP contribution in [-0.4, -0.2) is 16.1 Å². The molecule has 0 spiro atoms. The van der Waals surface area contributed by atoms with Crippen LogP contribution < -0.4 is 5.73 Å². The topological polar surface area (TPSA) is 83.5 Å². The highest BCUT2D eigenvalue weighted by Crippen LogP contribution is 2.29. The van der Waals surface area contributed by atoms with Gasteiger partial charge in [-0.1, -0.05) is 19.1 Å². The maximum atomic E-state index is 10.9. The fourth-order valence-electron chi connectivity index (χ4n) is 1.25. The van der Waals surface area contributed by atoms with Crippen molar-refractivity contribution in [2.24, 2.45) is 5.73 Å². The Balaban J connectivity index is 3.20. The summed E-state index contributed by atoms with van der Waals surface area (Å²) in [7, 11) is 0. The third kappa shape index (κ3) is 1.85. The summed E-state index contributed by atoms with van der Waals surface area (Å²) in [5, 5.41) is 19.1. The fourth-order valence-corrected chi connectivity index (χ4v) is 1.25. The van der Waals surface area contributed by atoms with Crippen molar-refractivity contribution in [3.05, 3.63) is 29.3 Å². The van der Waals surface area contributed by atoms with Crippen LogP contribution >= 0.6 is 0 Å². The predicted octanol–water partition coefficient (Wildman–Crippen LogP) is 0.934. The first-order chi connectivity index (χ1) is 6.57. The molecule has 0 radical (unpaired) electrons. The molecule has 1 atom stereocenters. The second-order valence-corrected chi connectivity index (χ2v) is 3.03. The minimum absolute atomic E-state index is 0.0370. The molecule has 4 nitrogen and oxygen atoms in total. The molecule has 0 bridgehead atoms. The number of carbonyl (C=O) groups is 1. The Bertz CT molecular complexity index is 349. The summed E-state index contributed by atoms with van der Waals surface area (Å²) in [5.41, 5.74) is 5.42. The predicted molar refractivity (Wildman–Crippen MR) is 51.9 cm³/mol. The molecule has 1 amide bonds. The van der Waals surface area contributed by atoms with Gasteiger partial charge in [-0.2, -0.15) is 0 Å². The van der Waals surface area contributed by atoms with Crippen LogP contribution in [0.2, 0.25) is 0 Å². The van der Waals surface area contributed by atoms with Crippen molar-refractivity contribution in [2.75, 3.05) is 0 Å². The summed E-state index contributed by atoms with van der Waals surface area (Å²) in [6.07, 6.45) is -0.301. The third-order valence-corrected chi connectivity index (χ3v) is 2.08. The monoisotopic (exact) mass is 195 g/mol. The number of aliphatic hydroxyl groups excluding tert-OH is 1. The van der Waals surface area contributed by atoms with Crippen LogP contribution in [0.1, 0.15) is 35.4 Å². The van der Waals surface area contributed by atoms with Gasteiger partial charge in [0, 0.05) is 5.56 Å². The van der Waals surface area contributed by atoms with Gasteiger partial charge >= 0.3 is 0 Å². The zero-order chi connectivity index (χ0) is 10.7. The summed E-state index contributed by atoms with van der Waals surface area (Å²) in [4.78, 5) is 10.9. The van der Waals surface area contributed by atoms with E-state index in [0.717, 1.165) is 0 Å². The molecule has 0 aromatic heterocycles. The highest BCUT2D eigenvalue weighted by atomic mass is 16.3. The molecule has 0 heterocycles. The van der Waals surface area contributed by atoms with Crippen LogP contribution in [0, 0.1) is 0 Å². The lowest BCUT2D eigenvalue weighted by Gasteiger charge is -2.11. The lowest BCUT2D eigenvalue weighted by molar-refractivity contribution is 0.0997. The Labute approximate surface area is 82.0 Å². The minimum Gasteiger partial charge on any atom is -0.507 e. The molecule has 0 aliphatic rings. The van der Waals surface area contributed by atoms with Crippen molar-refractivity contribution in [3.8, 4) is 5.75 Å². The molecule has 4 heteroatoms. The van der Waals surface area contributed by atoms with Crippen LogP contribution in [0.3, 0.4) is 0 Å². The number of hydrogen-bond donors (Lipinski definition) is 3. The van der Waals surface area contributed by atoms with Crippen molar-refractivity contribution >= 4 is 5.91 Å². The SMILES string of the molecule is CCC(O)c1cccc(C(N)=O)c1O. The van der Waals surface area contributed by atoms with Gasteiger partial charge in [-0.05, 0) is 12.5 Å². The molecular formula is C10H13NO3. The molecule has 1 unspecified atom stereocenters. The zero-order valence-electron chi connectivity index (χ0n) is 7.90. The number of nitrogens with two attached hydrogens (primary N) is 1. The Morgan fingerprint density at radius 3 is 2.71 bits per heavy atom. The van der Waals surface area contributed by atoms with E-state index in [9.17, 15) is 15.0 Å². The summed E-state index contributed by atoms with van der Waals surface area (Å²) in [6, 6.07) is 4.56. The number of primary amides is 1. The van der Waals surface area contributed by atoms with Crippen LogP contribution in [0.25, 0.3) is 0 Å². The van der Waals surface area contributed by atoms with Crippen LogP contribution in [-0.2, 0) is 0 Å². The Morgan fingerprint density at radius 1 is 1.57 bits per heavy atom. The number of phenols is 1. The molecule has 0 aliphatic carbocycles. The quantitative estimate of drug-likeness (QED) is 0.671. The molecule has 0 fully saturated rings. The molecule has 1 aromatic carbocycles. The number of amides is 1. The maximum absolute atomic E-state index is 10.9. The van der Waals surface area contributed by atoms with E-state index in [1.54, 1.807) is 19.1 Å². The number of benzene rings is 1. The Kier molecular flexibility index (Phi) is 3.09. The van der Waals surface area contributed by atoms with Gasteiger partial charge in [-0.25, -0.2) is 0 Å². The second-order valence-electron chi connectivity index (χ2n) is 3.03. The van der Waals surface area contributed by atoms with Crippen molar-refractivity contribution in [1.82, 2.24) is 0 Å². The Morgan fingerprint density at radius 2 is 2.21 bits per heavy atom. The van der Waals surface area contributed by atoms with Crippen LogP contribution in [0.5, 0.6) is 5.75 Å². The third-order valence-electron chi connectivity index (χ3n) is 2.08. The average Bonchev–Trinajstić information content (AvgIpc) is 2.16. The number of para-hydroxylation sites is 1. The number of aliphatic hydroxyl groups is 1. The second kappa shape index (κ2) is 4.11. The molecule has 1 aromatic rings. The summed E-state index contributed by atoms with van der Waals surface area (Å²) in [6.45, 7) is 1.78. The standard InChI is InChI=1S/C10H13NO3/c1-2-8(12)6-4-3-5-7(9(6)13)10(11)14/h3-5,8,12-13H,2H2,1H3,(H2,11,14). The van der Waals surface area contributed by atoms with Gasteiger partial charge in [0.1, 0.15) is 5.75 Å². The van der Waals surface area contributed by atoms with E-state index in [-0.39, 0.29) is 11.3 Å². The lowest BCUT2D eigenvalue weighted by Crippen LogP contribution is -2.12. The smallest absolute Gasteiger partial charge is 0.252 e. The van der Waals surface area contributed by atoms with Crippen LogP contribution in [0.4, 0.5) is 0 Å². The van der Waals surface area contributed by atoms with E-state index in [2.05, 4.69) is 0 Å². The van der Waals surface area contributed by atoms with Gasteiger partial charge in [0.25, 0.3) is 5.91 Å². The molecule has 0 saturated heterocycles. The highest BCUT2D eigenvalue weighted by molar-refractivity contribution is 5.95. The largest absolute Gasteiger partial charge is 0.507 e. The molecule has 76 valence electrons. The van der Waals surface area contributed by atoms with E-state index < -0.39 is 12.0 Å². The van der Waals surface area contributed by atoms with Gasteiger partial charge < -0.3 is 15.9 Å². The minimum atomic E-state index is -0.769. The van der Waals surface area contributed by atoms with E-state index in [4.69, 9.17) is 5.73 Å².